The molecule has 70 valence electrons. The second-order valence-corrected chi connectivity index (χ2v) is 3.49. The van der Waals surface area contributed by atoms with Crippen LogP contribution in [0.5, 0.6) is 0 Å². The normalized spacial score (nSPS) is 13.8. The van der Waals surface area contributed by atoms with Crippen molar-refractivity contribution in [3.63, 3.8) is 0 Å². The Morgan fingerprint density at radius 2 is 1.58 bits per heavy atom. The predicted octanol–water partition coefficient (Wildman–Crippen LogP) is 2.72. The molecule has 0 aliphatic heterocycles. The maximum atomic E-state index is 11.6. The van der Waals surface area contributed by atoms with Gasteiger partial charge in [-0.25, -0.2) is 0 Å². The summed E-state index contributed by atoms with van der Waals surface area (Å²) < 4.78 is 34.7. The Morgan fingerprint density at radius 1 is 1.17 bits per heavy atom. The third-order valence-corrected chi connectivity index (χ3v) is 1.16. The van der Waals surface area contributed by atoms with E-state index >= 15 is 0 Å². The summed E-state index contributed by atoms with van der Waals surface area (Å²) >= 11 is 0. The first-order valence-corrected chi connectivity index (χ1v) is 3.43. The third-order valence-electron chi connectivity index (χ3n) is 1.16. The van der Waals surface area contributed by atoms with Crippen molar-refractivity contribution >= 4 is 5.78 Å². The molecule has 0 bridgehead atoms. The zero-order chi connectivity index (χ0) is 9.99. The van der Waals surface area contributed by atoms with Gasteiger partial charge in [0.15, 0.2) is 5.78 Å². The lowest BCUT2D eigenvalue weighted by molar-refractivity contribution is -0.122. The van der Waals surface area contributed by atoms with E-state index in [0.29, 0.717) is 6.08 Å². The maximum Gasteiger partial charge on any atom is 0.409 e. The summed E-state index contributed by atoms with van der Waals surface area (Å²) in [6.45, 7) is 4.70. The first kappa shape index (κ1) is 11.2. The van der Waals surface area contributed by atoms with Gasteiger partial charge in [-0.1, -0.05) is 20.8 Å². The van der Waals surface area contributed by atoms with Crippen molar-refractivity contribution in [2.75, 3.05) is 0 Å². The highest BCUT2D eigenvalue weighted by molar-refractivity contribution is 5.93. The van der Waals surface area contributed by atoms with Crippen LogP contribution in [0.25, 0.3) is 0 Å². The van der Waals surface area contributed by atoms with Gasteiger partial charge in [-0.2, -0.15) is 13.2 Å². The van der Waals surface area contributed by atoms with E-state index in [2.05, 4.69) is 0 Å². The van der Waals surface area contributed by atoms with Crippen molar-refractivity contribution in [3.05, 3.63) is 12.2 Å². The first-order chi connectivity index (χ1) is 5.13. The molecule has 0 saturated heterocycles. The highest BCUT2D eigenvalue weighted by Gasteiger charge is 2.25. The number of allylic oxidation sites excluding steroid dienone is 2. The largest absolute Gasteiger partial charge is 0.409 e. The molecule has 0 aliphatic rings. The lowest BCUT2D eigenvalue weighted by Gasteiger charge is -2.13. The minimum atomic E-state index is -4.40. The number of alkyl halides is 3. The van der Waals surface area contributed by atoms with Crippen LogP contribution in [0.15, 0.2) is 12.2 Å². The van der Waals surface area contributed by atoms with Crippen LogP contribution in [0, 0.1) is 5.41 Å². The van der Waals surface area contributed by atoms with Crippen LogP contribution >= 0.6 is 0 Å². The van der Waals surface area contributed by atoms with E-state index in [1.165, 1.54) is 0 Å². The molecular weight excluding hydrogens is 169 g/mol. The molecule has 0 aromatic carbocycles. The van der Waals surface area contributed by atoms with Crippen molar-refractivity contribution in [3.8, 4) is 0 Å². The predicted molar refractivity (Wildman–Crippen MR) is 39.7 cm³/mol. The zero-order valence-corrected chi connectivity index (χ0v) is 7.20. The van der Waals surface area contributed by atoms with Crippen LogP contribution in [-0.2, 0) is 4.79 Å². The Kier molecular flexibility index (Phi) is 3.07. The molecule has 0 aromatic rings. The zero-order valence-electron chi connectivity index (χ0n) is 7.20. The molecule has 0 atom stereocenters. The Balaban J connectivity index is 4.30. The summed E-state index contributed by atoms with van der Waals surface area (Å²) in [5, 5.41) is 0. The molecule has 0 N–H and O–H groups in total. The van der Waals surface area contributed by atoms with Crippen LogP contribution in [0.2, 0.25) is 0 Å². The maximum absolute atomic E-state index is 11.6. The summed E-state index contributed by atoms with van der Waals surface area (Å²) in [5.74, 6) is -0.528. The number of ketones is 1. The van der Waals surface area contributed by atoms with Gasteiger partial charge in [0.2, 0.25) is 0 Å². The summed E-state index contributed by atoms with van der Waals surface area (Å²) in [7, 11) is 0. The van der Waals surface area contributed by atoms with Gasteiger partial charge in [0.25, 0.3) is 0 Å². The van der Waals surface area contributed by atoms with Gasteiger partial charge < -0.3 is 0 Å². The standard InChI is InChI=1S/C8H11F3O/c1-7(2,3)6(12)4-5-8(9,10)11/h4-5H,1-3H3/b5-4+. The van der Waals surface area contributed by atoms with Crippen molar-refractivity contribution in [2.24, 2.45) is 5.41 Å². The number of carbonyl (C=O) groups excluding carboxylic acids is 1. The fourth-order valence-corrected chi connectivity index (χ4v) is 0.420. The van der Waals surface area contributed by atoms with Crippen molar-refractivity contribution in [2.45, 2.75) is 26.9 Å². The van der Waals surface area contributed by atoms with Gasteiger partial charge in [-0.05, 0) is 6.08 Å². The summed E-state index contributed by atoms with van der Waals surface area (Å²) in [6.07, 6.45) is -3.87. The van der Waals surface area contributed by atoms with Gasteiger partial charge in [0.05, 0.1) is 0 Å². The number of halogens is 3. The van der Waals surface area contributed by atoms with E-state index in [9.17, 15) is 18.0 Å². The minimum absolute atomic E-state index is 0.0411. The highest BCUT2D eigenvalue weighted by atomic mass is 19.4. The smallest absolute Gasteiger partial charge is 0.294 e. The van der Waals surface area contributed by atoms with Crippen LogP contribution in [-0.4, -0.2) is 12.0 Å². The van der Waals surface area contributed by atoms with Crippen molar-refractivity contribution in [1.29, 1.82) is 0 Å². The summed E-state index contributed by atoms with van der Waals surface area (Å²) in [4.78, 5) is 10.9. The lowest BCUT2D eigenvalue weighted by Crippen LogP contribution is -2.18. The summed E-state index contributed by atoms with van der Waals surface area (Å²) in [5.41, 5.74) is -0.748. The molecule has 12 heavy (non-hydrogen) atoms. The Bertz CT molecular complexity index is 195. The molecule has 0 radical (unpaired) electrons. The first-order valence-electron chi connectivity index (χ1n) is 3.43. The molecule has 4 heteroatoms. The Hall–Kier alpha value is -0.800. The molecule has 0 aliphatic carbocycles. The van der Waals surface area contributed by atoms with Crippen LogP contribution in [0.4, 0.5) is 13.2 Å². The molecule has 0 heterocycles. The van der Waals surface area contributed by atoms with E-state index in [0.717, 1.165) is 0 Å². The van der Waals surface area contributed by atoms with E-state index in [1.54, 1.807) is 20.8 Å². The number of carbonyl (C=O) groups is 1. The molecule has 0 aromatic heterocycles. The molecule has 0 amide bonds. The lowest BCUT2D eigenvalue weighted by atomic mass is 9.91. The molecular formula is C8H11F3O. The molecule has 0 unspecified atom stereocenters. The monoisotopic (exact) mass is 180 g/mol. The van der Waals surface area contributed by atoms with Crippen molar-refractivity contribution < 1.29 is 18.0 Å². The van der Waals surface area contributed by atoms with Crippen LogP contribution in [0.3, 0.4) is 0 Å². The van der Waals surface area contributed by atoms with E-state index in [-0.39, 0.29) is 6.08 Å². The molecule has 0 fully saturated rings. The third kappa shape index (κ3) is 4.93. The molecule has 0 rings (SSSR count). The van der Waals surface area contributed by atoms with E-state index < -0.39 is 17.4 Å². The minimum Gasteiger partial charge on any atom is -0.294 e. The average molecular weight is 180 g/mol. The second kappa shape index (κ2) is 3.29. The van der Waals surface area contributed by atoms with Gasteiger partial charge in [0.1, 0.15) is 0 Å². The van der Waals surface area contributed by atoms with Crippen LogP contribution in [0.1, 0.15) is 20.8 Å². The second-order valence-electron chi connectivity index (χ2n) is 3.49. The Labute approximate surface area is 69.3 Å². The topological polar surface area (TPSA) is 17.1 Å². The Morgan fingerprint density at radius 3 is 1.83 bits per heavy atom. The van der Waals surface area contributed by atoms with Gasteiger partial charge >= 0.3 is 6.18 Å². The van der Waals surface area contributed by atoms with E-state index in [4.69, 9.17) is 0 Å². The van der Waals surface area contributed by atoms with Gasteiger partial charge in [-0.3, -0.25) is 4.79 Å². The molecule has 0 spiro atoms. The molecule has 1 nitrogen and oxygen atoms in total. The SMILES string of the molecule is CC(C)(C)C(=O)/C=C/C(F)(F)F. The summed E-state index contributed by atoms with van der Waals surface area (Å²) in [6, 6.07) is 0. The van der Waals surface area contributed by atoms with Crippen LogP contribution < -0.4 is 0 Å². The van der Waals surface area contributed by atoms with Gasteiger partial charge in [0, 0.05) is 11.5 Å². The number of hydrogen-bond acceptors (Lipinski definition) is 1. The van der Waals surface area contributed by atoms with E-state index in [1.807, 2.05) is 0 Å². The molecule has 0 saturated carbocycles. The number of rotatable bonds is 1. The van der Waals surface area contributed by atoms with Gasteiger partial charge in [-0.15, -0.1) is 0 Å². The fraction of sp³-hybridized carbons (Fsp3) is 0.625. The van der Waals surface area contributed by atoms with Crippen molar-refractivity contribution in [1.82, 2.24) is 0 Å². The fourth-order valence-electron chi connectivity index (χ4n) is 0.420. The quantitative estimate of drug-likeness (QED) is 0.567. The number of hydrogen-bond donors (Lipinski definition) is 0. The highest BCUT2D eigenvalue weighted by Crippen LogP contribution is 2.19. The average Bonchev–Trinajstić information content (AvgIpc) is 1.78.